The summed E-state index contributed by atoms with van der Waals surface area (Å²) in [5.41, 5.74) is 6.80. The van der Waals surface area contributed by atoms with Gasteiger partial charge in [0.2, 0.25) is 0 Å². The number of aromatic nitrogens is 1. The van der Waals surface area contributed by atoms with Gasteiger partial charge in [0, 0.05) is 5.56 Å². The van der Waals surface area contributed by atoms with Crippen LogP contribution in [0.2, 0.25) is 5.15 Å². The number of hydrogen-bond acceptors (Lipinski definition) is 2. The number of anilines is 1. The lowest BCUT2D eigenvalue weighted by molar-refractivity contribution is 1.32. The standard InChI is InChI=1S/C7H7ClN2/c1-2-5-3-6(9)4-10-7(5)8/h2-4H,1,9H2. The van der Waals surface area contributed by atoms with Gasteiger partial charge < -0.3 is 5.73 Å². The zero-order valence-corrected chi connectivity index (χ0v) is 6.10. The second kappa shape index (κ2) is 2.71. The van der Waals surface area contributed by atoms with Crippen LogP contribution in [0.5, 0.6) is 0 Å². The topological polar surface area (TPSA) is 38.9 Å². The Labute approximate surface area is 64.3 Å². The number of nitrogen functional groups attached to an aromatic ring is 1. The molecule has 0 fully saturated rings. The van der Waals surface area contributed by atoms with E-state index in [0.717, 1.165) is 5.56 Å². The summed E-state index contributed by atoms with van der Waals surface area (Å²) in [5.74, 6) is 0. The van der Waals surface area contributed by atoms with Crippen LogP contribution >= 0.6 is 11.6 Å². The minimum Gasteiger partial charge on any atom is -0.397 e. The molecule has 2 nitrogen and oxygen atoms in total. The molecule has 3 heteroatoms. The average molecular weight is 155 g/mol. The maximum Gasteiger partial charge on any atom is 0.136 e. The van der Waals surface area contributed by atoms with Crippen molar-refractivity contribution in [2.24, 2.45) is 0 Å². The van der Waals surface area contributed by atoms with Gasteiger partial charge in [-0.3, -0.25) is 0 Å². The molecule has 0 amide bonds. The molecule has 0 atom stereocenters. The van der Waals surface area contributed by atoms with Gasteiger partial charge in [0.15, 0.2) is 0 Å². The molecule has 1 aromatic heterocycles. The van der Waals surface area contributed by atoms with Crippen LogP contribution in [0.1, 0.15) is 5.56 Å². The zero-order valence-electron chi connectivity index (χ0n) is 5.34. The van der Waals surface area contributed by atoms with Gasteiger partial charge in [0.1, 0.15) is 5.15 Å². The third-order valence-electron chi connectivity index (χ3n) is 1.11. The molecule has 0 saturated heterocycles. The number of rotatable bonds is 1. The number of pyridine rings is 1. The smallest absolute Gasteiger partial charge is 0.136 e. The van der Waals surface area contributed by atoms with E-state index in [1.165, 1.54) is 6.20 Å². The summed E-state index contributed by atoms with van der Waals surface area (Å²) >= 11 is 5.66. The Morgan fingerprint density at radius 1 is 1.70 bits per heavy atom. The molecule has 1 heterocycles. The van der Waals surface area contributed by atoms with E-state index >= 15 is 0 Å². The van der Waals surface area contributed by atoms with E-state index < -0.39 is 0 Å². The third-order valence-corrected chi connectivity index (χ3v) is 1.42. The van der Waals surface area contributed by atoms with Crippen molar-refractivity contribution < 1.29 is 0 Å². The van der Waals surface area contributed by atoms with Crippen molar-refractivity contribution in [3.8, 4) is 0 Å². The van der Waals surface area contributed by atoms with Gasteiger partial charge in [-0.05, 0) is 6.07 Å². The second-order valence-electron chi connectivity index (χ2n) is 1.85. The summed E-state index contributed by atoms with van der Waals surface area (Å²) in [4.78, 5) is 3.82. The summed E-state index contributed by atoms with van der Waals surface area (Å²) in [5, 5.41) is 0.434. The first-order chi connectivity index (χ1) is 4.74. The molecule has 0 aliphatic heterocycles. The van der Waals surface area contributed by atoms with Gasteiger partial charge in [-0.25, -0.2) is 4.98 Å². The molecule has 0 bridgehead atoms. The van der Waals surface area contributed by atoms with Gasteiger partial charge in [0.25, 0.3) is 0 Å². The molecule has 10 heavy (non-hydrogen) atoms. The molecule has 0 aliphatic carbocycles. The predicted molar refractivity (Wildman–Crippen MR) is 43.8 cm³/mol. The maximum atomic E-state index is 5.66. The Kier molecular flexibility index (Phi) is 1.92. The highest BCUT2D eigenvalue weighted by atomic mass is 35.5. The van der Waals surface area contributed by atoms with E-state index in [-0.39, 0.29) is 0 Å². The average Bonchev–Trinajstić information content (AvgIpc) is 1.94. The van der Waals surface area contributed by atoms with E-state index in [1.807, 2.05) is 0 Å². The largest absolute Gasteiger partial charge is 0.397 e. The van der Waals surface area contributed by atoms with Crippen LogP contribution < -0.4 is 5.73 Å². The van der Waals surface area contributed by atoms with Gasteiger partial charge >= 0.3 is 0 Å². The maximum absolute atomic E-state index is 5.66. The van der Waals surface area contributed by atoms with Crippen molar-refractivity contribution >= 4 is 23.4 Å². The van der Waals surface area contributed by atoms with Crippen LogP contribution in [0.25, 0.3) is 6.08 Å². The highest BCUT2D eigenvalue weighted by molar-refractivity contribution is 6.30. The molecule has 0 aliphatic rings. The summed E-state index contributed by atoms with van der Waals surface area (Å²) in [6.07, 6.45) is 3.13. The minimum absolute atomic E-state index is 0.434. The summed E-state index contributed by atoms with van der Waals surface area (Å²) in [7, 11) is 0. The first kappa shape index (κ1) is 7.09. The Morgan fingerprint density at radius 3 is 2.90 bits per heavy atom. The van der Waals surface area contributed by atoms with Crippen molar-refractivity contribution in [3.05, 3.63) is 29.6 Å². The molecule has 0 radical (unpaired) electrons. The van der Waals surface area contributed by atoms with Gasteiger partial charge in [-0.1, -0.05) is 24.3 Å². The fourth-order valence-electron chi connectivity index (χ4n) is 0.625. The second-order valence-corrected chi connectivity index (χ2v) is 2.21. The van der Waals surface area contributed by atoms with E-state index in [1.54, 1.807) is 12.1 Å². The fourth-order valence-corrected chi connectivity index (χ4v) is 0.806. The van der Waals surface area contributed by atoms with Gasteiger partial charge in [-0.15, -0.1) is 0 Å². The molecule has 52 valence electrons. The Morgan fingerprint density at radius 2 is 2.40 bits per heavy atom. The number of nitrogens with zero attached hydrogens (tertiary/aromatic N) is 1. The normalized spacial score (nSPS) is 9.30. The van der Waals surface area contributed by atoms with E-state index in [0.29, 0.717) is 10.8 Å². The third kappa shape index (κ3) is 1.28. The van der Waals surface area contributed by atoms with Gasteiger partial charge in [-0.2, -0.15) is 0 Å². The van der Waals surface area contributed by atoms with Crippen molar-refractivity contribution in [3.63, 3.8) is 0 Å². The number of hydrogen-bond donors (Lipinski definition) is 1. The van der Waals surface area contributed by atoms with Crippen LogP contribution in [-0.4, -0.2) is 4.98 Å². The molecule has 0 aromatic carbocycles. The predicted octanol–water partition coefficient (Wildman–Crippen LogP) is 1.96. The molecular weight excluding hydrogens is 148 g/mol. The fraction of sp³-hybridized carbons (Fsp3) is 0. The molecule has 0 saturated carbocycles. The van der Waals surface area contributed by atoms with Crippen molar-refractivity contribution in [2.75, 3.05) is 5.73 Å². The zero-order chi connectivity index (χ0) is 7.56. The summed E-state index contributed by atoms with van der Waals surface area (Å²) < 4.78 is 0. The van der Waals surface area contributed by atoms with Crippen molar-refractivity contribution in [1.82, 2.24) is 4.98 Å². The van der Waals surface area contributed by atoms with Crippen molar-refractivity contribution in [2.45, 2.75) is 0 Å². The highest BCUT2D eigenvalue weighted by Crippen LogP contribution is 2.15. The van der Waals surface area contributed by atoms with Gasteiger partial charge in [0.05, 0.1) is 11.9 Å². The highest BCUT2D eigenvalue weighted by Gasteiger charge is 1.95. The Hall–Kier alpha value is -1.02. The van der Waals surface area contributed by atoms with Crippen LogP contribution in [0, 0.1) is 0 Å². The van der Waals surface area contributed by atoms with Crippen molar-refractivity contribution in [1.29, 1.82) is 0 Å². The van der Waals surface area contributed by atoms with E-state index in [2.05, 4.69) is 11.6 Å². The van der Waals surface area contributed by atoms with Crippen LogP contribution in [-0.2, 0) is 0 Å². The van der Waals surface area contributed by atoms with Crippen LogP contribution in [0.3, 0.4) is 0 Å². The summed E-state index contributed by atoms with van der Waals surface area (Å²) in [6.45, 7) is 3.55. The first-order valence-electron chi connectivity index (χ1n) is 2.77. The van der Waals surface area contributed by atoms with E-state index in [4.69, 9.17) is 17.3 Å². The van der Waals surface area contributed by atoms with E-state index in [9.17, 15) is 0 Å². The molecule has 1 rings (SSSR count). The molecular formula is C7H7ClN2. The Balaban J connectivity index is 3.21. The quantitative estimate of drug-likeness (QED) is 0.628. The lowest BCUT2D eigenvalue weighted by Gasteiger charge is -1.96. The summed E-state index contributed by atoms with van der Waals surface area (Å²) in [6, 6.07) is 1.72. The first-order valence-corrected chi connectivity index (χ1v) is 3.15. The minimum atomic E-state index is 0.434. The van der Waals surface area contributed by atoms with Crippen LogP contribution in [0.15, 0.2) is 18.8 Å². The number of nitrogens with two attached hydrogens (primary N) is 1. The SMILES string of the molecule is C=Cc1cc(N)cnc1Cl. The lowest BCUT2D eigenvalue weighted by atomic mass is 10.3. The monoisotopic (exact) mass is 154 g/mol. The lowest BCUT2D eigenvalue weighted by Crippen LogP contribution is -1.88. The molecule has 2 N–H and O–H groups in total. The molecule has 0 spiro atoms. The van der Waals surface area contributed by atoms with Crippen LogP contribution in [0.4, 0.5) is 5.69 Å². The number of halogens is 1. The molecule has 0 unspecified atom stereocenters. The molecule has 1 aromatic rings. The Bertz CT molecular complexity index is 258.